The highest BCUT2D eigenvalue weighted by molar-refractivity contribution is 6.21. The third kappa shape index (κ3) is 7.83. The fourth-order valence-electron chi connectivity index (χ4n) is 0.808. The Hall–Kier alpha value is 0.460. The molecule has 86 valence electrons. The zero-order chi connectivity index (χ0) is 11.0. The molecular formula is C9H19Cl2NO2. The summed E-state index contributed by atoms with van der Waals surface area (Å²) in [7, 11) is 0. The Morgan fingerprint density at radius 1 is 1.29 bits per heavy atom. The van der Waals surface area contributed by atoms with Crippen LogP contribution in [0.25, 0.3) is 0 Å². The van der Waals surface area contributed by atoms with Crippen LogP contribution >= 0.6 is 23.2 Å². The summed E-state index contributed by atoms with van der Waals surface area (Å²) >= 11 is 11.1. The molecule has 0 saturated heterocycles. The average molecular weight is 244 g/mol. The summed E-state index contributed by atoms with van der Waals surface area (Å²) in [6.45, 7) is 4.83. The molecule has 0 radical (unpaired) electrons. The van der Waals surface area contributed by atoms with Crippen molar-refractivity contribution in [3.63, 3.8) is 0 Å². The van der Waals surface area contributed by atoms with E-state index in [1.165, 1.54) is 0 Å². The Labute approximate surface area is 95.7 Å². The maximum Gasteiger partial charge on any atom is 0.0897 e. The van der Waals surface area contributed by atoms with E-state index < -0.39 is 6.10 Å². The normalized spacial score (nSPS) is 13.9. The summed E-state index contributed by atoms with van der Waals surface area (Å²) in [4.78, 5) is 0. The largest absolute Gasteiger partial charge is 0.389 e. The zero-order valence-corrected chi connectivity index (χ0v) is 10.2. The predicted octanol–water partition coefficient (Wildman–Crippen LogP) is 1.21. The molecule has 2 N–H and O–H groups in total. The van der Waals surface area contributed by atoms with Gasteiger partial charge in [-0.3, -0.25) is 0 Å². The number of alkyl halides is 2. The quantitative estimate of drug-likeness (QED) is 0.630. The molecule has 0 rings (SSSR count). The van der Waals surface area contributed by atoms with Crippen LogP contribution in [-0.4, -0.2) is 48.3 Å². The number of aliphatic hydroxyl groups is 1. The molecule has 0 aliphatic heterocycles. The molecule has 0 saturated carbocycles. The van der Waals surface area contributed by atoms with Crippen LogP contribution in [-0.2, 0) is 4.74 Å². The number of ether oxygens (including phenoxy) is 1. The minimum Gasteiger partial charge on any atom is -0.389 e. The molecule has 0 aliphatic carbocycles. The number of hydrogen-bond donors (Lipinski definition) is 2. The molecule has 5 heteroatoms. The number of hydrogen-bond acceptors (Lipinski definition) is 3. The topological polar surface area (TPSA) is 41.5 Å². The van der Waals surface area contributed by atoms with Crippen molar-refractivity contribution in [1.82, 2.24) is 5.32 Å². The fraction of sp³-hybridized carbons (Fsp3) is 1.00. The molecule has 14 heavy (non-hydrogen) atoms. The van der Waals surface area contributed by atoms with Gasteiger partial charge >= 0.3 is 0 Å². The fourth-order valence-corrected chi connectivity index (χ4v) is 1.32. The second-order valence-corrected chi connectivity index (χ2v) is 4.10. The van der Waals surface area contributed by atoms with Crippen molar-refractivity contribution in [1.29, 1.82) is 0 Å². The first kappa shape index (κ1) is 14.5. The molecule has 1 atom stereocenters. The molecule has 3 nitrogen and oxygen atoms in total. The van der Waals surface area contributed by atoms with E-state index >= 15 is 0 Å². The first-order valence-electron chi connectivity index (χ1n) is 4.75. The van der Waals surface area contributed by atoms with Crippen LogP contribution in [0.2, 0.25) is 0 Å². The van der Waals surface area contributed by atoms with Crippen LogP contribution in [0.15, 0.2) is 0 Å². The Bertz CT molecular complexity index is 132. The lowest BCUT2D eigenvalue weighted by Gasteiger charge is -2.17. The van der Waals surface area contributed by atoms with Crippen molar-refractivity contribution in [2.24, 2.45) is 0 Å². The highest BCUT2D eigenvalue weighted by Crippen LogP contribution is 1.99. The van der Waals surface area contributed by atoms with Crippen molar-refractivity contribution in [3.8, 4) is 0 Å². The number of rotatable bonds is 8. The molecule has 0 aromatic carbocycles. The van der Waals surface area contributed by atoms with Gasteiger partial charge in [0.1, 0.15) is 0 Å². The Morgan fingerprint density at radius 2 is 1.86 bits per heavy atom. The van der Waals surface area contributed by atoms with E-state index in [1.807, 2.05) is 13.8 Å². The standard InChI is InChI=1S/C9H19Cl2NO2/c1-7(2)12-5-8(13)6-14-9(3-10)4-11/h7-9,12-13H,3-6H2,1-2H3. The van der Waals surface area contributed by atoms with Gasteiger partial charge in [0.25, 0.3) is 0 Å². The van der Waals surface area contributed by atoms with Gasteiger partial charge in [-0.15, -0.1) is 23.2 Å². The zero-order valence-electron chi connectivity index (χ0n) is 8.67. The van der Waals surface area contributed by atoms with E-state index in [0.29, 0.717) is 24.3 Å². The van der Waals surface area contributed by atoms with Crippen LogP contribution in [0.1, 0.15) is 13.8 Å². The summed E-state index contributed by atoms with van der Waals surface area (Å²) in [5, 5.41) is 12.6. The van der Waals surface area contributed by atoms with Crippen LogP contribution in [0.3, 0.4) is 0 Å². The average Bonchev–Trinajstić information content (AvgIpc) is 2.16. The molecule has 1 unspecified atom stereocenters. The summed E-state index contributed by atoms with van der Waals surface area (Å²) in [6, 6.07) is 0.363. The number of halogens is 2. The Kier molecular flexibility index (Phi) is 9.03. The van der Waals surface area contributed by atoms with Gasteiger partial charge in [-0.1, -0.05) is 13.8 Å². The lowest BCUT2D eigenvalue weighted by atomic mass is 10.3. The van der Waals surface area contributed by atoms with Crippen LogP contribution in [0.5, 0.6) is 0 Å². The van der Waals surface area contributed by atoms with Gasteiger partial charge in [0.15, 0.2) is 0 Å². The van der Waals surface area contributed by atoms with Gasteiger partial charge in [-0.2, -0.15) is 0 Å². The van der Waals surface area contributed by atoms with E-state index in [9.17, 15) is 5.11 Å². The maximum absolute atomic E-state index is 9.46. The van der Waals surface area contributed by atoms with Gasteiger partial charge in [-0.25, -0.2) is 0 Å². The van der Waals surface area contributed by atoms with Crippen molar-refractivity contribution >= 4 is 23.2 Å². The lowest BCUT2D eigenvalue weighted by molar-refractivity contribution is 0.00842. The molecule has 0 aromatic heterocycles. The van der Waals surface area contributed by atoms with Crippen LogP contribution in [0.4, 0.5) is 0 Å². The lowest BCUT2D eigenvalue weighted by Crippen LogP contribution is -2.35. The van der Waals surface area contributed by atoms with E-state index in [-0.39, 0.29) is 12.7 Å². The van der Waals surface area contributed by atoms with E-state index in [1.54, 1.807) is 0 Å². The highest BCUT2D eigenvalue weighted by atomic mass is 35.5. The van der Waals surface area contributed by atoms with E-state index in [0.717, 1.165) is 0 Å². The van der Waals surface area contributed by atoms with Gasteiger partial charge in [0.05, 0.1) is 18.8 Å². The second kappa shape index (κ2) is 8.74. The SMILES string of the molecule is CC(C)NCC(O)COC(CCl)CCl. The van der Waals surface area contributed by atoms with Crippen molar-refractivity contribution in [2.45, 2.75) is 32.1 Å². The molecule has 0 fully saturated rings. The van der Waals surface area contributed by atoms with Crippen molar-refractivity contribution < 1.29 is 9.84 Å². The molecule has 0 spiro atoms. The summed E-state index contributed by atoms with van der Waals surface area (Å²) in [5.74, 6) is 0.710. The highest BCUT2D eigenvalue weighted by Gasteiger charge is 2.10. The second-order valence-electron chi connectivity index (χ2n) is 3.48. The monoisotopic (exact) mass is 243 g/mol. The van der Waals surface area contributed by atoms with Gasteiger partial charge in [0, 0.05) is 24.3 Å². The number of nitrogens with one attached hydrogen (secondary N) is 1. The van der Waals surface area contributed by atoms with Crippen LogP contribution in [0, 0.1) is 0 Å². The summed E-state index contributed by atoms with van der Waals surface area (Å²) in [5.41, 5.74) is 0. The third-order valence-corrected chi connectivity index (χ3v) is 2.32. The maximum atomic E-state index is 9.46. The first-order chi connectivity index (χ1) is 6.60. The first-order valence-corrected chi connectivity index (χ1v) is 5.82. The molecule has 0 aliphatic rings. The summed E-state index contributed by atoms with van der Waals surface area (Å²) < 4.78 is 5.28. The van der Waals surface area contributed by atoms with Gasteiger partial charge in [-0.05, 0) is 0 Å². The molecule has 0 amide bonds. The Morgan fingerprint density at radius 3 is 2.29 bits per heavy atom. The molecular weight excluding hydrogens is 225 g/mol. The van der Waals surface area contributed by atoms with Gasteiger partial charge in [0.2, 0.25) is 0 Å². The molecule has 0 heterocycles. The van der Waals surface area contributed by atoms with E-state index in [4.69, 9.17) is 27.9 Å². The minimum absolute atomic E-state index is 0.174. The molecule has 0 bridgehead atoms. The van der Waals surface area contributed by atoms with E-state index in [2.05, 4.69) is 5.32 Å². The van der Waals surface area contributed by atoms with Gasteiger partial charge < -0.3 is 15.2 Å². The molecule has 0 aromatic rings. The third-order valence-electron chi connectivity index (χ3n) is 1.63. The smallest absolute Gasteiger partial charge is 0.0897 e. The Balaban J connectivity index is 3.46. The summed E-state index contributed by atoms with van der Waals surface area (Å²) in [6.07, 6.45) is -0.682. The number of aliphatic hydroxyl groups excluding tert-OH is 1. The van der Waals surface area contributed by atoms with Crippen molar-refractivity contribution in [2.75, 3.05) is 24.9 Å². The predicted molar refractivity (Wildman–Crippen MR) is 60.3 cm³/mol. The minimum atomic E-state index is -0.508. The van der Waals surface area contributed by atoms with Crippen LogP contribution < -0.4 is 5.32 Å². The van der Waals surface area contributed by atoms with Crippen molar-refractivity contribution in [3.05, 3.63) is 0 Å².